The van der Waals surface area contributed by atoms with E-state index in [9.17, 15) is 9.59 Å². The van der Waals surface area contributed by atoms with E-state index in [-0.39, 0.29) is 11.6 Å². The Kier molecular flexibility index (Phi) is 3.14. The van der Waals surface area contributed by atoms with Crippen LogP contribution in [0.2, 0.25) is 0 Å². The first-order valence-corrected chi connectivity index (χ1v) is 5.40. The summed E-state index contributed by atoms with van der Waals surface area (Å²) in [6, 6.07) is 10.4. The average Bonchev–Trinajstić information content (AvgIpc) is 2.87. The predicted molar refractivity (Wildman–Crippen MR) is 63.1 cm³/mol. The molecule has 2 aromatic rings. The van der Waals surface area contributed by atoms with Crippen LogP contribution in [-0.4, -0.2) is 21.8 Å². The van der Waals surface area contributed by atoms with Gasteiger partial charge in [-0.05, 0) is 6.07 Å². The predicted octanol–water partition coefficient (Wildman–Crippen LogP) is 2.23. The van der Waals surface area contributed by atoms with Crippen LogP contribution in [-0.2, 0) is 0 Å². The van der Waals surface area contributed by atoms with Crippen molar-refractivity contribution >= 4 is 11.6 Å². The molecule has 0 atom stereocenters. The summed E-state index contributed by atoms with van der Waals surface area (Å²) in [4.78, 5) is 23.4. The van der Waals surface area contributed by atoms with Crippen molar-refractivity contribution in [3.63, 3.8) is 0 Å². The van der Waals surface area contributed by atoms with E-state index in [1.165, 1.54) is 6.07 Å². The van der Waals surface area contributed by atoms with Crippen LogP contribution in [0.1, 0.15) is 39.9 Å². The van der Waals surface area contributed by atoms with Gasteiger partial charge in [-0.25, -0.2) is 0 Å². The molecule has 0 aliphatic rings. The number of nitrogens with zero attached hydrogens (tertiary/aromatic N) is 1. The van der Waals surface area contributed by atoms with Gasteiger partial charge in [0.15, 0.2) is 5.78 Å². The van der Waals surface area contributed by atoms with Crippen molar-refractivity contribution in [2.45, 2.75) is 13.3 Å². The molecule has 1 heterocycles. The van der Waals surface area contributed by atoms with Crippen LogP contribution in [0, 0.1) is 0 Å². The Hall–Kier alpha value is -2.23. The molecule has 0 spiro atoms. The molecule has 4 nitrogen and oxygen atoms in total. The monoisotopic (exact) mass is 228 g/mol. The van der Waals surface area contributed by atoms with Gasteiger partial charge in [-0.1, -0.05) is 37.3 Å². The van der Waals surface area contributed by atoms with Gasteiger partial charge >= 0.3 is 0 Å². The largest absolute Gasteiger partial charge is 0.292 e. The molecule has 0 saturated heterocycles. The Balaban J connectivity index is 2.27. The number of hydrogen-bond acceptors (Lipinski definition) is 3. The standard InChI is InChI=1S/C13H12N2O2/c1-2-12(16)10-8-11(15-14-10)13(17)9-6-4-3-5-7-9/h3-8H,2H2,1H3,(H,14,15). The minimum atomic E-state index is -0.159. The van der Waals surface area contributed by atoms with Crippen molar-refractivity contribution in [3.05, 3.63) is 53.3 Å². The van der Waals surface area contributed by atoms with E-state index in [1.807, 2.05) is 6.07 Å². The number of H-pyrrole nitrogens is 1. The van der Waals surface area contributed by atoms with E-state index in [0.29, 0.717) is 23.4 Å². The fourth-order valence-electron chi connectivity index (χ4n) is 1.51. The van der Waals surface area contributed by atoms with Crippen LogP contribution < -0.4 is 0 Å². The van der Waals surface area contributed by atoms with Crippen molar-refractivity contribution < 1.29 is 9.59 Å². The zero-order valence-electron chi connectivity index (χ0n) is 9.43. The molecule has 17 heavy (non-hydrogen) atoms. The fraction of sp³-hybridized carbons (Fsp3) is 0.154. The highest BCUT2D eigenvalue weighted by Crippen LogP contribution is 2.09. The number of aromatic amines is 1. The summed E-state index contributed by atoms with van der Waals surface area (Å²) in [6.45, 7) is 1.76. The van der Waals surface area contributed by atoms with Gasteiger partial charge in [-0.3, -0.25) is 14.7 Å². The topological polar surface area (TPSA) is 62.8 Å². The summed E-state index contributed by atoms with van der Waals surface area (Å²) >= 11 is 0. The van der Waals surface area contributed by atoms with Gasteiger partial charge in [0.1, 0.15) is 11.4 Å². The molecule has 0 aliphatic heterocycles. The molecule has 0 saturated carbocycles. The maximum absolute atomic E-state index is 12.0. The van der Waals surface area contributed by atoms with Crippen molar-refractivity contribution in [2.75, 3.05) is 0 Å². The summed E-state index contributed by atoms with van der Waals surface area (Å²) in [5.41, 5.74) is 1.23. The highest BCUT2D eigenvalue weighted by Gasteiger charge is 2.14. The number of benzene rings is 1. The first kappa shape index (κ1) is 11.3. The van der Waals surface area contributed by atoms with Crippen LogP contribution in [0.15, 0.2) is 36.4 Å². The molecule has 1 N–H and O–H groups in total. The molecular weight excluding hydrogens is 216 g/mol. The summed E-state index contributed by atoms with van der Waals surface area (Å²) in [5.74, 6) is -0.235. The highest BCUT2D eigenvalue weighted by atomic mass is 16.1. The lowest BCUT2D eigenvalue weighted by Gasteiger charge is -1.95. The van der Waals surface area contributed by atoms with Gasteiger partial charge in [0, 0.05) is 12.0 Å². The Morgan fingerprint density at radius 3 is 2.59 bits per heavy atom. The second-order valence-electron chi connectivity index (χ2n) is 3.64. The van der Waals surface area contributed by atoms with Crippen molar-refractivity contribution in [1.29, 1.82) is 0 Å². The number of nitrogens with one attached hydrogen (secondary N) is 1. The minimum Gasteiger partial charge on any atom is -0.292 e. The maximum atomic E-state index is 12.0. The van der Waals surface area contributed by atoms with Gasteiger partial charge < -0.3 is 0 Å². The number of ketones is 2. The summed E-state index contributed by atoms with van der Waals surface area (Å²) < 4.78 is 0. The van der Waals surface area contributed by atoms with Crippen LogP contribution in [0.4, 0.5) is 0 Å². The van der Waals surface area contributed by atoms with Crippen LogP contribution in [0.25, 0.3) is 0 Å². The summed E-state index contributed by atoms with van der Waals surface area (Å²) in [6.07, 6.45) is 0.379. The van der Waals surface area contributed by atoms with Crippen LogP contribution >= 0.6 is 0 Å². The van der Waals surface area contributed by atoms with Gasteiger partial charge in [-0.2, -0.15) is 5.10 Å². The third kappa shape index (κ3) is 2.30. The lowest BCUT2D eigenvalue weighted by molar-refractivity contribution is 0.0982. The Morgan fingerprint density at radius 1 is 1.24 bits per heavy atom. The number of carbonyl (C=O) groups excluding carboxylic acids is 2. The molecule has 0 amide bonds. The number of rotatable bonds is 4. The van der Waals surface area contributed by atoms with E-state index in [1.54, 1.807) is 31.2 Å². The smallest absolute Gasteiger partial charge is 0.210 e. The molecule has 1 aromatic heterocycles. The zero-order valence-corrected chi connectivity index (χ0v) is 9.43. The second-order valence-corrected chi connectivity index (χ2v) is 3.64. The number of hydrogen-bond donors (Lipinski definition) is 1. The molecular formula is C13H12N2O2. The first-order valence-electron chi connectivity index (χ1n) is 5.40. The normalized spacial score (nSPS) is 10.2. The molecule has 0 bridgehead atoms. The molecule has 0 unspecified atom stereocenters. The third-order valence-electron chi connectivity index (χ3n) is 2.47. The lowest BCUT2D eigenvalue weighted by atomic mass is 10.1. The second kappa shape index (κ2) is 4.74. The van der Waals surface area contributed by atoms with Crippen molar-refractivity contribution in [3.8, 4) is 0 Å². The Labute approximate surface area is 98.7 Å². The first-order chi connectivity index (χ1) is 8.22. The van der Waals surface area contributed by atoms with Crippen molar-refractivity contribution in [1.82, 2.24) is 10.2 Å². The SMILES string of the molecule is CCC(=O)c1cc(C(=O)c2ccccc2)[nH]n1. The van der Waals surface area contributed by atoms with Crippen molar-refractivity contribution in [2.24, 2.45) is 0 Å². The Morgan fingerprint density at radius 2 is 1.94 bits per heavy atom. The van der Waals surface area contributed by atoms with Gasteiger partial charge in [0.2, 0.25) is 5.78 Å². The molecule has 86 valence electrons. The number of carbonyl (C=O) groups is 2. The van der Waals surface area contributed by atoms with Gasteiger partial charge in [0.25, 0.3) is 0 Å². The van der Waals surface area contributed by atoms with E-state index < -0.39 is 0 Å². The number of Topliss-reactive ketones (excluding diaryl/α,β-unsaturated/α-hetero) is 1. The van der Waals surface area contributed by atoms with Crippen LogP contribution in [0.5, 0.6) is 0 Å². The van der Waals surface area contributed by atoms with E-state index in [4.69, 9.17) is 0 Å². The molecule has 2 rings (SSSR count). The van der Waals surface area contributed by atoms with Gasteiger partial charge in [0.05, 0.1) is 0 Å². The highest BCUT2D eigenvalue weighted by molar-refractivity contribution is 6.08. The summed E-state index contributed by atoms with van der Waals surface area (Å²) in [7, 11) is 0. The third-order valence-corrected chi connectivity index (χ3v) is 2.47. The molecule has 0 radical (unpaired) electrons. The molecule has 0 fully saturated rings. The molecule has 0 aliphatic carbocycles. The van der Waals surface area contributed by atoms with Gasteiger partial charge in [-0.15, -0.1) is 0 Å². The minimum absolute atomic E-state index is 0.0756. The van der Waals surface area contributed by atoms with E-state index in [2.05, 4.69) is 10.2 Å². The molecule has 1 aromatic carbocycles. The Bertz CT molecular complexity index is 544. The van der Waals surface area contributed by atoms with E-state index >= 15 is 0 Å². The summed E-state index contributed by atoms with van der Waals surface area (Å²) in [5, 5.41) is 6.44. The average molecular weight is 228 g/mol. The maximum Gasteiger partial charge on any atom is 0.210 e. The quantitative estimate of drug-likeness (QED) is 0.816. The zero-order chi connectivity index (χ0) is 12.3. The van der Waals surface area contributed by atoms with E-state index in [0.717, 1.165) is 0 Å². The van der Waals surface area contributed by atoms with Crippen LogP contribution in [0.3, 0.4) is 0 Å². The lowest BCUT2D eigenvalue weighted by Crippen LogP contribution is -2.01. The fourth-order valence-corrected chi connectivity index (χ4v) is 1.51. The number of aromatic nitrogens is 2. The molecule has 4 heteroatoms.